The van der Waals surface area contributed by atoms with Crippen molar-refractivity contribution >= 4 is 17.7 Å². The Balaban J connectivity index is 1.69. The van der Waals surface area contributed by atoms with Gasteiger partial charge in [-0.05, 0) is 30.0 Å². The first-order valence-corrected chi connectivity index (χ1v) is 9.85. The maximum Gasteiger partial charge on any atom is 0.262 e. The van der Waals surface area contributed by atoms with Gasteiger partial charge in [0.25, 0.3) is 11.8 Å². The van der Waals surface area contributed by atoms with Crippen molar-refractivity contribution in [2.24, 2.45) is 5.92 Å². The zero-order valence-electron chi connectivity index (χ0n) is 16.7. The lowest BCUT2D eigenvalue weighted by atomic mass is 10.0. The van der Waals surface area contributed by atoms with Crippen LogP contribution in [0.15, 0.2) is 54.6 Å². The fourth-order valence-corrected chi connectivity index (χ4v) is 3.56. The number of hydrogen-bond donors (Lipinski definition) is 2. The summed E-state index contributed by atoms with van der Waals surface area (Å²) in [6, 6.07) is 15.2. The summed E-state index contributed by atoms with van der Waals surface area (Å²) >= 11 is 0. The van der Waals surface area contributed by atoms with Crippen LogP contribution in [0.25, 0.3) is 0 Å². The molecule has 0 spiro atoms. The van der Waals surface area contributed by atoms with Gasteiger partial charge >= 0.3 is 0 Å². The van der Waals surface area contributed by atoms with Gasteiger partial charge in [0.05, 0.1) is 17.2 Å². The van der Waals surface area contributed by atoms with E-state index in [1.54, 1.807) is 24.3 Å². The normalized spacial score (nSPS) is 15.4. The van der Waals surface area contributed by atoms with E-state index >= 15 is 0 Å². The van der Waals surface area contributed by atoms with Gasteiger partial charge in [0.15, 0.2) is 0 Å². The number of nitrogens with zero attached hydrogens (tertiary/aromatic N) is 1. The lowest BCUT2D eigenvalue weighted by molar-refractivity contribution is -0.126. The molecular weight excluding hydrogens is 368 g/mol. The number of imide groups is 1. The third-order valence-corrected chi connectivity index (χ3v) is 4.96. The number of benzene rings is 2. The molecule has 3 amide bonds. The standard InChI is InChI=1S/C23H26N2O4/c1-15(2)12-20(25-22(28)18-10-6-7-11-19(18)23(25)29)21(27)24-14-17(26)13-16-8-4-3-5-9-16/h3-11,15,17,20,26H,12-14H2,1-2H3,(H,24,27)/t17?,20-/m0/s1. The van der Waals surface area contributed by atoms with E-state index in [2.05, 4.69) is 5.32 Å². The van der Waals surface area contributed by atoms with E-state index in [4.69, 9.17) is 0 Å². The van der Waals surface area contributed by atoms with E-state index in [0.29, 0.717) is 24.0 Å². The van der Waals surface area contributed by atoms with Crippen LogP contribution < -0.4 is 5.32 Å². The zero-order chi connectivity index (χ0) is 21.0. The molecule has 0 fully saturated rings. The third kappa shape index (κ3) is 4.71. The zero-order valence-corrected chi connectivity index (χ0v) is 16.7. The summed E-state index contributed by atoms with van der Waals surface area (Å²) < 4.78 is 0. The number of aliphatic hydroxyl groups excluding tert-OH is 1. The van der Waals surface area contributed by atoms with Crippen LogP contribution >= 0.6 is 0 Å². The average Bonchev–Trinajstić information content (AvgIpc) is 2.96. The van der Waals surface area contributed by atoms with Crippen LogP contribution in [-0.4, -0.2) is 46.4 Å². The quantitative estimate of drug-likeness (QED) is 0.673. The fraction of sp³-hybridized carbons (Fsp3) is 0.348. The Bertz CT molecular complexity index is 860. The molecule has 3 rings (SSSR count). The predicted molar refractivity (Wildman–Crippen MR) is 109 cm³/mol. The smallest absolute Gasteiger partial charge is 0.262 e. The molecule has 1 heterocycles. The summed E-state index contributed by atoms with van der Waals surface area (Å²) in [7, 11) is 0. The van der Waals surface area contributed by atoms with Crippen LogP contribution in [0.1, 0.15) is 46.5 Å². The van der Waals surface area contributed by atoms with Gasteiger partial charge in [0.1, 0.15) is 6.04 Å². The molecule has 6 nitrogen and oxygen atoms in total. The first kappa shape index (κ1) is 20.7. The van der Waals surface area contributed by atoms with Crippen molar-refractivity contribution in [3.05, 3.63) is 71.3 Å². The Labute approximate surface area is 170 Å². The molecular formula is C23H26N2O4. The molecule has 0 radical (unpaired) electrons. The first-order valence-electron chi connectivity index (χ1n) is 9.85. The molecule has 1 aliphatic rings. The fourth-order valence-electron chi connectivity index (χ4n) is 3.56. The van der Waals surface area contributed by atoms with E-state index in [0.717, 1.165) is 10.5 Å². The summed E-state index contributed by atoms with van der Waals surface area (Å²) in [5.41, 5.74) is 1.61. The van der Waals surface area contributed by atoms with Crippen LogP contribution in [0.3, 0.4) is 0 Å². The van der Waals surface area contributed by atoms with Gasteiger partial charge in [-0.25, -0.2) is 0 Å². The number of aliphatic hydroxyl groups is 1. The lowest BCUT2D eigenvalue weighted by Gasteiger charge is -2.27. The van der Waals surface area contributed by atoms with Crippen LogP contribution in [0.5, 0.6) is 0 Å². The number of amides is 3. The van der Waals surface area contributed by atoms with Crippen molar-refractivity contribution in [3.8, 4) is 0 Å². The highest BCUT2D eigenvalue weighted by Crippen LogP contribution is 2.27. The number of carbonyl (C=O) groups is 3. The number of hydrogen-bond acceptors (Lipinski definition) is 4. The molecule has 2 atom stereocenters. The Morgan fingerprint density at radius 3 is 2.07 bits per heavy atom. The molecule has 2 N–H and O–H groups in total. The number of fused-ring (bicyclic) bond motifs is 1. The number of nitrogens with one attached hydrogen (secondary N) is 1. The predicted octanol–water partition coefficient (Wildman–Crippen LogP) is 2.42. The molecule has 0 aliphatic carbocycles. The number of rotatable bonds is 8. The minimum Gasteiger partial charge on any atom is -0.391 e. The summed E-state index contributed by atoms with van der Waals surface area (Å²) in [6.07, 6.45) is -0.00191. The molecule has 2 aromatic carbocycles. The van der Waals surface area contributed by atoms with Crippen molar-refractivity contribution in [1.29, 1.82) is 0 Å². The summed E-state index contributed by atoms with van der Waals surface area (Å²) in [4.78, 5) is 39.5. The molecule has 2 aromatic rings. The van der Waals surface area contributed by atoms with Crippen molar-refractivity contribution in [3.63, 3.8) is 0 Å². The SMILES string of the molecule is CC(C)C[C@@H](C(=O)NCC(O)Cc1ccccc1)N1C(=O)c2ccccc2C1=O. The van der Waals surface area contributed by atoms with Crippen LogP contribution in [0.4, 0.5) is 0 Å². The van der Waals surface area contributed by atoms with Gasteiger partial charge < -0.3 is 10.4 Å². The molecule has 0 bridgehead atoms. The molecule has 29 heavy (non-hydrogen) atoms. The molecule has 0 saturated heterocycles. The minimum atomic E-state index is -0.911. The van der Waals surface area contributed by atoms with E-state index in [1.807, 2.05) is 44.2 Å². The molecule has 1 unspecified atom stereocenters. The molecule has 1 aliphatic heterocycles. The monoisotopic (exact) mass is 394 g/mol. The average molecular weight is 394 g/mol. The Kier molecular flexibility index (Phi) is 6.44. The molecule has 0 aromatic heterocycles. The van der Waals surface area contributed by atoms with E-state index in [1.165, 1.54) is 0 Å². The Morgan fingerprint density at radius 1 is 0.966 bits per heavy atom. The highest BCUT2D eigenvalue weighted by Gasteiger charge is 2.42. The van der Waals surface area contributed by atoms with Gasteiger partial charge in [0, 0.05) is 13.0 Å². The summed E-state index contributed by atoms with van der Waals surface area (Å²) in [5, 5.41) is 13.0. The third-order valence-electron chi connectivity index (χ3n) is 4.96. The van der Waals surface area contributed by atoms with Gasteiger partial charge in [0.2, 0.25) is 5.91 Å². The topological polar surface area (TPSA) is 86.7 Å². The minimum absolute atomic E-state index is 0.0471. The first-order chi connectivity index (χ1) is 13.9. The molecule has 0 saturated carbocycles. The maximum atomic E-state index is 12.9. The van der Waals surface area contributed by atoms with E-state index in [9.17, 15) is 19.5 Å². The Morgan fingerprint density at radius 2 is 1.52 bits per heavy atom. The highest BCUT2D eigenvalue weighted by molar-refractivity contribution is 6.22. The second-order valence-corrected chi connectivity index (χ2v) is 7.76. The van der Waals surface area contributed by atoms with Crippen LogP contribution in [0, 0.1) is 5.92 Å². The van der Waals surface area contributed by atoms with Gasteiger partial charge in [-0.1, -0.05) is 56.3 Å². The van der Waals surface area contributed by atoms with Gasteiger partial charge in [-0.3, -0.25) is 19.3 Å². The summed E-state index contributed by atoms with van der Waals surface area (Å²) in [6.45, 7) is 3.91. The second-order valence-electron chi connectivity index (χ2n) is 7.76. The van der Waals surface area contributed by atoms with E-state index < -0.39 is 29.9 Å². The van der Waals surface area contributed by atoms with Crippen LogP contribution in [0.2, 0.25) is 0 Å². The van der Waals surface area contributed by atoms with Gasteiger partial charge in [-0.2, -0.15) is 0 Å². The largest absolute Gasteiger partial charge is 0.391 e. The van der Waals surface area contributed by atoms with Gasteiger partial charge in [-0.15, -0.1) is 0 Å². The van der Waals surface area contributed by atoms with Crippen molar-refractivity contribution in [2.75, 3.05) is 6.54 Å². The maximum absolute atomic E-state index is 12.9. The van der Waals surface area contributed by atoms with Crippen molar-refractivity contribution < 1.29 is 19.5 Å². The van der Waals surface area contributed by atoms with Crippen LogP contribution in [-0.2, 0) is 11.2 Å². The second kappa shape index (κ2) is 9.01. The van der Waals surface area contributed by atoms with Crippen molar-refractivity contribution in [2.45, 2.75) is 38.8 Å². The molecule has 6 heteroatoms. The highest BCUT2D eigenvalue weighted by atomic mass is 16.3. The Hall–Kier alpha value is -2.99. The lowest BCUT2D eigenvalue weighted by Crippen LogP contribution is -2.51. The van der Waals surface area contributed by atoms with E-state index in [-0.39, 0.29) is 12.5 Å². The summed E-state index contributed by atoms with van der Waals surface area (Å²) in [5.74, 6) is -1.22. The van der Waals surface area contributed by atoms with Crippen molar-refractivity contribution in [1.82, 2.24) is 10.2 Å². The molecule has 152 valence electrons. The number of carbonyl (C=O) groups excluding carboxylic acids is 3.